The van der Waals surface area contributed by atoms with Gasteiger partial charge in [0.15, 0.2) is 11.5 Å². The lowest BCUT2D eigenvalue weighted by Crippen LogP contribution is -2.35. The fraction of sp³-hybridized carbons (Fsp3) is 0.304. The molecule has 2 unspecified atom stereocenters. The highest BCUT2D eigenvalue weighted by molar-refractivity contribution is 5.95. The molecule has 146 valence electrons. The zero-order chi connectivity index (χ0) is 19.8. The Hall–Kier alpha value is -3.02. The number of aromatic nitrogens is 2. The van der Waals surface area contributed by atoms with Crippen LogP contribution >= 0.6 is 0 Å². The quantitative estimate of drug-likeness (QED) is 0.724. The van der Waals surface area contributed by atoms with Crippen LogP contribution in [-0.4, -0.2) is 15.7 Å². The lowest BCUT2D eigenvalue weighted by atomic mass is 10.0. The molecule has 6 heteroatoms. The van der Waals surface area contributed by atoms with Crippen molar-refractivity contribution in [3.63, 3.8) is 0 Å². The van der Waals surface area contributed by atoms with Gasteiger partial charge in [0.25, 0.3) is 5.91 Å². The van der Waals surface area contributed by atoms with E-state index >= 15 is 0 Å². The number of halogens is 2. The Morgan fingerprint density at radius 1 is 1.14 bits per heavy atom. The Morgan fingerprint density at radius 3 is 2.66 bits per heavy atom. The average molecular weight is 391 g/mol. The van der Waals surface area contributed by atoms with E-state index in [2.05, 4.69) is 10.4 Å². The molecule has 2 aromatic carbocycles. The maximum atomic E-state index is 14.4. The lowest BCUT2D eigenvalue weighted by Gasteiger charge is -2.17. The number of carbonyl (C=O) groups excluding carboxylic acids is 1. The molecule has 2 atom stereocenters. The molecule has 1 amide bonds. The summed E-state index contributed by atoms with van der Waals surface area (Å²) >= 11 is 0. The van der Waals surface area contributed by atoms with Crippen molar-refractivity contribution >= 4 is 5.91 Å². The van der Waals surface area contributed by atoms with Gasteiger partial charge in [-0.25, -0.2) is 13.5 Å². The summed E-state index contributed by atoms with van der Waals surface area (Å²) in [6.07, 6.45) is 3.62. The topological polar surface area (TPSA) is 46.9 Å². The van der Waals surface area contributed by atoms with Crippen LogP contribution in [-0.2, 0) is 12.0 Å². The number of carbonyl (C=O) groups is 1. The fourth-order valence-corrected chi connectivity index (χ4v) is 4.79. The highest BCUT2D eigenvalue weighted by Crippen LogP contribution is 2.57. The Labute approximate surface area is 166 Å². The van der Waals surface area contributed by atoms with Gasteiger partial charge in [-0.3, -0.25) is 4.79 Å². The van der Waals surface area contributed by atoms with Crippen molar-refractivity contribution in [2.24, 2.45) is 5.92 Å². The molecule has 6 rings (SSSR count). The van der Waals surface area contributed by atoms with Crippen LogP contribution in [0, 0.1) is 17.6 Å². The van der Waals surface area contributed by atoms with E-state index in [1.165, 1.54) is 16.8 Å². The Balaban J connectivity index is 1.39. The summed E-state index contributed by atoms with van der Waals surface area (Å²) in [7, 11) is 0. The standard InChI is InChI=1S/C23H19F2N3O/c24-15-6-7-18(17(25)12-15)28-19-11-13-10-16(13)20(19)21(27-28)22(29)26-23(8-9-23)14-4-2-1-3-5-14/h1-7,12-13,16H,8-11H2,(H,26,29). The summed E-state index contributed by atoms with van der Waals surface area (Å²) in [5, 5.41) is 7.71. The molecule has 29 heavy (non-hydrogen) atoms. The van der Waals surface area contributed by atoms with Crippen molar-refractivity contribution in [3.8, 4) is 5.69 Å². The van der Waals surface area contributed by atoms with E-state index in [9.17, 15) is 13.6 Å². The molecule has 1 aromatic heterocycles. The molecule has 0 radical (unpaired) electrons. The van der Waals surface area contributed by atoms with Crippen LogP contribution in [0.25, 0.3) is 5.69 Å². The Morgan fingerprint density at radius 2 is 1.93 bits per heavy atom. The van der Waals surface area contributed by atoms with E-state index in [1.807, 2.05) is 30.3 Å². The summed E-state index contributed by atoms with van der Waals surface area (Å²) in [5.74, 6) is -0.681. The third-order valence-corrected chi connectivity index (χ3v) is 6.55. The summed E-state index contributed by atoms with van der Waals surface area (Å²) in [6, 6.07) is 13.4. The molecule has 0 bridgehead atoms. The van der Waals surface area contributed by atoms with Gasteiger partial charge in [0.05, 0.1) is 5.54 Å². The first-order chi connectivity index (χ1) is 14.1. The second-order valence-corrected chi connectivity index (χ2v) is 8.43. The van der Waals surface area contributed by atoms with Crippen LogP contribution < -0.4 is 5.32 Å². The highest BCUT2D eigenvalue weighted by Gasteiger charge is 2.52. The molecule has 3 aromatic rings. The van der Waals surface area contributed by atoms with Crippen molar-refractivity contribution in [2.45, 2.75) is 37.1 Å². The lowest BCUT2D eigenvalue weighted by molar-refractivity contribution is 0.0924. The van der Waals surface area contributed by atoms with Crippen LogP contribution in [0.4, 0.5) is 8.78 Å². The maximum absolute atomic E-state index is 14.4. The second-order valence-electron chi connectivity index (χ2n) is 8.43. The molecule has 3 aliphatic carbocycles. The van der Waals surface area contributed by atoms with Crippen LogP contribution in [0.15, 0.2) is 48.5 Å². The number of nitrogens with one attached hydrogen (secondary N) is 1. The molecule has 1 heterocycles. The van der Waals surface area contributed by atoms with Gasteiger partial charge in [-0.2, -0.15) is 5.10 Å². The molecule has 2 fully saturated rings. The SMILES string of the molecule is O=C(NC1(c2ccccc2)CC1)c1nn(-c2ccc(F)cc2F)c2c1C1CC1C2. The van der Waals surface area contributed by atoms with Gasteiger partial charge in [0.1, 0.15) is 11.5 Å². The number of nitrogens with zero attached hydrogens (tertiary/aromatic N) is 2. The monoisotopic (exact) mass is 391 g/mol. The van der Waals surface area contributed by atoms with Gasteiger partial charge < -0.3 is 5.32 Å². The first kappa shape index (κ1) is 16.9. The minimum absolute atomic E-state index is 0.187. The van der Waals surface area contributed by atoms with Gasteiger partial charge in [0, 0.05) is 17.3 Å². The Kier molecular flexibility index (Phi) is 3.35. The number of hydrogen-bond acceptors (Lipinski definition) is 2. The van der Waals surface area contributed by atoms with E-state index in [-0.39, 0.29) is 17.1 Å². The van der Waals surface area contributed by atoms with E-state index < -0.39 is 11.6 Å². The Bertz CT molecular complexity index is 1150. The van der Waals surface area contributed by atoms with Crippen molar-refractivity contribution in [1.82, 2.24) is 15.1 Å². The summed E-state index contributed by atoms with van der Waals surface area (Å²) in [5.41, 5.74) is 3.16. The minimum atomic E-state index is -0.675. The van der Waals surface area contributed by atoms with Crippen molar-refractivity contribution in [2.75, 3.05) is 0 Å². The van der Waals surface area contributed by atoms with E-state index in [4.69, 9.17) is 0 Å². The normalized spacial score (nSPS) is 22.7. The number of fused-ring (bicyclic) bond motifs is 3. The number of amides is 1. The van der Waals surface area contributed by atoms with Crippen molar-refractivity contribution in [3.05, 3.63) is 82.7 Å². The van der Waals surface area contributed by atoms with Gasteiger partial charge in [-0.15, -0.1) is 0 Å². The summed E-state index contributed by atoms with van der Waals surface area (Å²) < 4.78 is 29.3. The summed E-state index contributed by atoms with van der Waals surface area (Å²) in [4.78, 5) is 13.2. The second kappa shape index (κ2) is 5.75. The predicted octanol–water partition coefficient (Wildman–Crippen LogP) is 4.23. The third-order valence-electron chi connectivity index (χ3n) is 6.55. The smallest absolute Gasteiger partial charge is 0.272 e. The van der Waals surface area contributed by atoms with Crippen LogP contribution in [0.3, 0.4) is 0 Å². The number of rotatable bonds is 4. The molecule has 0 aliphatic heterocycles. The van der Waals surface area contributed by atoms with Crippen LogP contribution in [0.2, 0.25) is 0 Å². The van der Waals surface area contributed by atoms with E-state index in [1.54, 1.807) is 0 Å². The molecule has 2 saturated carbocycles. The van der Waals surface area contributed by atoms with Crippen LogP contribution in [0.1, 0.15) is 52.5 Å². The zero-order valence-electron chi connectivity index (χ0n) is 15.7. The van der Waals surface area contributed by atoms with Gasteiger partial charge >= 0.3 is 0 Å². The van der Waals surface area contributed by atoms with Crippen molar-refractivity contribution < 1.29 is 13.6 Å². The molecule has 3 aliphatic rings. The molecular formula is C23H19F2N3O. The maximum Gasteiger partial charge on any atom is 0.272 e. The largest absolute Gasteiger partial charge is 0.341 e. The van der Waals surface area contributed by atoms with E-state index in [0.29, 0.717) is 17.5 Å². The fourth-order valence-electron chi connectivity index (χ4n) is 4.79. The van der Waals surface area contributed by atoms with Gasteiger partial charge in [0.2, 0.25) is 0 Å². The molecular weight excluding hydrogens is 372 g/mol. The first-order valence-corrected chi connectivity index (χ1v) is 10.0. The first-order valence-electron chi connectivity index (χ1n) is 10.0. The highest BCUT2D eigenvalue weighted by atomic mass is 19.1. The number of benzene rings is 2. The zero-order valence-corrected chi connectivity index (χ0v) is 15.7. The predicted molar refractivity (Wildman–Crippen MR) is 103 cm³/mol. The van der Waals surface area contributed by atoms with Gasteiger partial charge in [-0.05, 0) is 55.2 Å². The third kappa shape index (κ3) is 2.55. The van der Waals surface area contributed by atoms with Crippen molar-refractivity contribution in [1.29, 1.82) is 0 Å². The minimum Gasteiger partial charge on any atom is -0.341 e. The molecule has 0 spiro atoms. The van der Waals surface area contributed by atoms with Crippen LogP contribution in [0.5, 0.6) is 0 Å². The molecule has 0 saturated heterocycles. The number of hydrogen-bond donors (Lipinski definition) is 1. The van der Waals surface area contributed by atoms with E-state index in [0.717, 1.165) is 48.6 Å². The molecule has 4 nitrogen and oxygen atoms in total. The molecule has 1 N–H and O–H groups in total. The summed E-state index contributed by atoms with van der Waals surface area (Å²) in [6.45, 7) is 0. The van der Waals surface area contributed by atoms with Gasteiger partial charge in [-0.1, -0.05) is 30.3 Å². The average Bonchev–Trinajstić information content (AvgIpc) is 3.59.